The van der Waals surface area contributed by atoms with Gasteiger partial charge in [-0.25, -0.2) is 0 Å². The number of rotatable bonds is 2. The molecule has 1 aliphatic heterocycles. The molecule has 0 aliphatic carbocycles. The molecule has 11 heavy (non-hydrogen) atoms. The van der Waals surface area contributed by atoms with Gasteiger partial charge in [-0.15, -0.1) is 0 Å². The monoisotopic (exact) mass is 153 g/mol. The Kier molecular flexibility index (Phi) is 2.32. The first-order chi connectivity index (χ1) is 5.16. The standard InChI is InChI=1S/C9H15NO/c1-4-7(2)10-8(3)5-6-9(10)11/h7H,3-6H2,1-2H3. The van der Waals surface area contributed by atoms with Crippen molar-refractivity contribution in [2.24, 2.45) is 0 Å². The molecule has 0 radical (unpaired) electrons. The van der Waals surface area contributed by atoms with E-state index in [2.05, 4.69) is 20.4 Å². The number of likely N-dealkylation sites (tertiary alicyclic amines) is 1. The lowest BCUT2D eigenvalue weighted by molar-refractivity contribution is -0.128. The number of carbonyl (C=O) groups excluding carboxylic acids is 1. The van der Waals surface area contributed by atoms with Gasteiger partial charge in [-0.1, -0.05) is 13.5 Å². The van der Waals surface area contributed by atoms with Gasteiger partial charge in [-0.3, -0.25) is 4.79 Å². The number of allylic oxidation sites excluding steroid dienone is 1. The van der Waals surface area contributed by atoms with Gasteiger partial charge in [-0.2, -0.15) is 0 Å². The third kappa shape index (κ3) is 1.44. The Morgan fingerprint density at radius 2 is 2.27 bits per heavy atom. The highest BCUT2D eigenvalue weighted by atomic mass is 16.2. The minimum absolute atomic E-state index is 0.240. The molecule has 1 amide bonds. The molecule has 1 aliphatic rings. The van der Waals surface area contributed by atoms with Crippen molar-refractivity contribution in [2.45, 2.75) is 39.2 Å². The summed E-state index contributed by atoms with van der Waals surface area (Å²) < 4.78 is 0. The Labute approximate surface area is 67.9 Å². The van der Waals surface area contributed by atoms with E-state index in [0.717, 1.165) is 18.5 Å². The van der Waals surface area contributed by atoms with Gasteiger partial charge in [0.25, 0.3) is 0 Å². The summed E-state index contributed by atoms with van der Waals surface area (Å²) in [5, 5.41) is 0. The first kappa shape index (κ1) is 8.31. The van der Waals surface area contributed by atoms with Crippen LogP contribution in [0.15, 0.2) is 12.3 Å². The molecule has 0 bridgehead atoms. The van der Waals surface area contributed by atoms with Crippen LogP contribution in [-0.4, -0.2) is 16.8 Å². The molecule has 1 saturated heterocycles. The summed E-state index contributed by atoms with van der Waals surface area (Å²) in [6.07, 6.45) is 2.51. The predicted molar refractivity (Wildman–Crippen MR) is 45.0 cm³/mol. The molecule has 1 unspecified atom stereocenters. The fraction of sp³-hybridized carbons (Fsp3) is 0.667. The van der Waals surface area contributed by atoms with Gasteiger partial charge < -0.3 is 4.90 Å². The third-order valence-corrected chi connectivity index (χ3v) is 2.27. The molecule has 0 aromatic heterocycles. The number of amides is 1. The number of hydrogen-bond donors (Lipinski definition) is 0. The summed E-state index contributed by atoms with van der Waals surface area (Å²) >= 11 is 0. The van der Waals surface area contributed by atoms with E-state index in [9.17, 15) is 4.79 Å². The van der Waals surface area contributed by atoms with E-state index in [0.29, 0.717) is 12.5 Å². The number of nitrogens with zero attached hydrogens (tertiary/aromatic N) is 1. The van der Waals surface area contributed by atoms with Gasteiger partial charge in [-0.05, 0) is 19.8 Å². The molecular formula is C9H15NO. The average Bonchev–Trinajstić information content (AvgIpc) is 2.30. The molecule has 0 spiro atoms. The van der Waals surface area contributed by atoms with Crippen LogP contribution < -0.4 is 0 Å². The Morgan fingerprint density at radius 1 is 1.64 bits per heavy atom. The van der Waals surface area contributed by atoms with E-state index in [4.69, 9.17) is 0 Å². The lowest BCUT2D eigenvalue weighted by atomic mass is 10.2. The van der Waals surface area contributed by atoms with Crippen LogP contribution in [0, 0.1) is 0 Å². The van der Waals surface area contributed by atoms with E-state index >= 15 is 0 Å². The molecule has 0 aromatic rings. The maximum Gasteiger partial charge on any atom is 0.227 e. The van der Waals surface area contributed by atoms with Crippen LogP contribution in [-0.2, 0) is 4.79 Å². The molecule has 62 valence electrons. The van der Waals surface area contributed by atoms with Crippen molar-refractivity contribution in [1.82, 2.24) is 4.90 Å². The Bertz CT molecular complexity index is 170. The summed E-state index contributed by atoms with van der Waals surface area (Å²) in [5.41, 5.74) is 0.990. The average molecular weight is 153 g/mol. The lowest BCUT2D eigenvalue weighted by Crippen LogP contribution is -2.31. The second-order valence-electron chi connectivity index (χ2n) is 3.09. The van der Waals surface area contributed by atoms with E-state index in [1.807, 2.05) is 4.90 Å². The topological polar surface area (TPSA) is 20.3 Å². The van der Waals surface area contributed by atoms with Gasteiger partial charge in [0.05, 0.1) is 0 Å². The predicted octanol–water partition coefficient (Wildman–Crippen LogP) is 1.92. The van der Waals surface area contributed by atoms with Crippen LogP contribution in [0.5, 0.6) is 0 Å². The van der Waals surface area contributed by atoms with Crippen LogP contribution in [0.25, 0.3) is 0 Å². The van der Waals surface area contributed by atoms with Crippen molar-refractivity contribution < 1.29 is 4.79 Å². The van der Waals surface area contributed by atoms with Crippen molar-refractivity contribution in [3.63, 3.8) is 0 Å². The Hall–Kier alpha value is -0.790. The van der Waals surface area contributed by atoms with Gasteiger partial charge in [0.2, 0.25) is 5.91 Å². The zero-order chi connectivity index (χ0) is 8.43. The van der Waals surface area contributed by atoms with E-state index in [1.165, 1.54) is 0 Å². The van der Waals surface area contributed by atoms with E-state index in [-0.39, 0.29) is 5.91 Å². The zero-order valence-corrected chi connectivity index (χ0v) is 7.26. The summed E-state index contributed by atoms with van der Waals surface area (Å²) in [6, 6.07) is 0.331. The van der Waals surface area contributed by atoms with E-state index in [1.54, 1.807) is 0 Å². The fourth-order valence-electron chi connectivity index (χ4n) is 1.41. The SMILES string of the molecule is C=C1CCC(=O)N1C(C)CC. The Balaban J connectivity index is 2.68. The second-order valence-corrected chi connectivity index (χ2v) is 3.09. The van der Waals surface area contributed by atoms with Crippen LogP contribution in [0.3, 0.4) is 0 Å². The lowest BCUT2D eigenvalue weighted by Gasteiger charge is -2.23. The summed E-state index contributed by atoms with van der Waals surface area (Å²) in [6.45, 7) is 8.01. The molecular weight excluding hydrogens is 138 g/mol. The summed E-state index contributed by atoms with van der Waals surface area (Å²) in [7, 11) is 0. The Morgan fingerprint density at radius 3 is 2.64 bits per heavy atom. The van der Waals surface area contributed by atoms with Crippen molar-refractivity contribution in [3.05, 3.63) is 12.3 Å². The molecule has 0 N–H and O–H groups in total. The minimum Gasteiger partial charge on any atom is -0.314 e. The largest absolute Gasteiger partial charge is 0.314 e. The van der Waals surface area contributed by atoms with Crippen molar-refractivity contribution >= 4 is 5.91 Å². The zero-order valence-electron chi connectivity index (χ0n) is 7.26. The molecule has 0 saturated carbocycles. The fourth-order valence-corrected chi connectivity index (χ4v) is 1.41. The summed E-state index contributed by atoms with van der Waals surface area (Å²) in [5.74, 6) is 0.240. The van der Waals surface area contributed by atoms with Crippen molar-refractivity contribution in [3.8, 4) is 0 Å². The van der Waals surface area contributed by atoms with Gasteiger partial charge in [0.1, 0.15) is 0 Å². The maximum absolute atomic E-state index is 11.3. The minimum atomic E-state index is 0.240. The molecule has 1 rings (SSSR count). The molecule has 1 heterocycles. The first-order valence-corrected chi connectivity index (χ1v) is 4.16. The second kappa shape index (κ2) is 3.07. The highest BCUT2D eigenvalue weighted by molar-refractivity contribution is 5.81. The highest BCUT2D eigenvalue weighted by Crippen LogP contribution is 2.24. The number of hydrogen-bond acceptors (Lipinski definition) is 1. The van der Waals surface area contributed by atoms with Crippen LogP contribution in [0.4, 0.5) is 0 Å². The van der Waals surface area contributed by atoms with Crippen LogP contribution in [0.1, 0.15) is 33.1 Å². The quantitative estimate of drug-likeness (QED) is 0.593. The van der Waals surface area contributed by atoms with Crippen LogP contribution in [0.2, 0.25) is 0 Å². The van der Waals surface area contributed by atoms with Crippen molar-refractivity contribution in [1.29, 1.82) is 0 Å². The normalized spacial score (nSPS) is 21.1. The van der Waals surface area contributed by atoms with Crippen molar-refractivity contribution in [2.75, 3.05) is 0 Å². The highest BCUT2D eigenvalue weighted by Gasteiger charge is 2.27. The molecule has 0 aromatic carbocycles. The van der Waals surface area contributed by atoms with Crippen LogP contribution >= 0.6 is 0 Å². The van der Waals surface area contributed by atoms with Gasteiger partial charge in [0.15, 0.2) is 0 Å². The molecule has 2 heteroatoms. The molecule has 1 atom stereocenters. The third-order valence-electron chi connectivity index (χ3n) is 2.27. The van der Waals surface area contributed by atoms with E-state index < -0.39 is 0 Å². The van der Waals surface area contributed by atoms with Gasteiger partial charge in [0, 0.05) is 18.2 Å². The first-order valence-electron chi connectivity index (χ1n) is 4.16. The van der Waals surface area contributed by atoms with Gasteiger partial charge >= 0.3 is 0 Å². The molecule has 1 fully saturated rings. The maximum atomic E-state index is 11.3. The number of carbonyl (C=O) groups is 1. The summed E-state index contributed by atoms with van der Waals surface area (Å²) in [4.78, 5) is 13.1. The smallest absolute Gasteiger partial charge is 0.227 e. The molecule has 2 nitrogen and oxygen atoms in total.